The molecule has 1 aromatic carbocycles. The zero-order valence-electron chi connectivity index (χ0n) is 9.43. The molecule has 4 heteroatoms. The van der Waals surface area contributed by atoms with Gasteiger partial charge in [-0.2, -0.15) is 0 Å². The minimum absolute atomic E-state index is 0. The fourth-order valence-corrected chi connectivity index (χ4v) is 1.47. The first-order valence-electron chi connectivity index (χ1n) is 5.38. The Morgan fingerprint density at radius 2 is 1.69 bits per heavy atom. The second kappa shape index (κ2) is 9.45. The number of hydrogen-bond acceptors (Lipinski definition) is 1. The van der Waals surface area contributed by atoms with Crippen LogP contribution in [0.5, 0.6) is 0 Å². The number of benzene rings is 1. The first-order chi connectivity index (χ1) is 7.29. The lowest BCUT2D eigenvalue weighted by molar-refractivity contribution is 0.687. The summed E-state index contributed by atoms with van der Waals surface area (Å²) in [5.74, 6) is 0.193. The summed E-state index contributed by atoms with van der Waals surface area (Å²) in [7, 11) is 0. The average molecular weight is 333 g/mol. The van der Waals surface area contributed by atoms with Crippen LogP contribution in [-0.2, 0) is 6.42 Å². The van der Waals surface area contributed by atoms with Gasteiger partial charge in [0.1, 0.15) is 0 Å². The monoisotopic (exact) mass is 333 g/mol. The van der Waals surface area contributed by atoms with E-state index in [0.717, 1.165) is 19.4 Å². The Bertz CT molecular complexity index is 294. The van der Waals surface area contributed by atoms with Gasteiger partial charge in [-0.05, 0) is 24.8 Å². The lowest BCUT2D eigenvalue weighted by Crippen LogP contribution is -2.22. The maximum atomic E-state index is 5.23. The van der Waals surface area contributed by atoms with Gasteiger partial charge >= 0.3 is 0 Å². The van der Waals surface area contributed by atoms with E-state index in [2.05, 4.69) is 29.3 Å². The van der Waals surface area contributed by atoms with Crippen LogP contribution >= 0.6 is 24.0 Å². The van der Waals surface area contributed by atoms with E-state index in [-0.39, 0.29) is 29.9 Å². The van der Waals surface area contributed by atoms with Gasteiger partial charge in [0.05, 0.1) is 0 Å². The summed E-state index contributed by atoms with van der Waals surface area (Å²) in [6.45, 7) is 0.747. The average Bonchev–Trinajstić information content (AvgIpc) is 2.24. The Labute approximate surface area is 114 Å². The van der Waals surface area contributed by atoms with Crippen LogP contribution in [0.1, 0.15) is 24.8 Å². The SMILES string of the molecule is I.NC(N)=NCCCCCc1ccccc1. The Hall–Kier alpha value is -0.780. The van der Waals surface area contributed by atoms with Crippen molar-refractivity contribution in [3.8, 4) is 0 Å². The van der Waals surface area contributed by atoms with Gasteiger partial charge in [-0.25, -0.2) is 0 Å². The first kappa shape index (κ1) is 15.2. The number of guanidine groups is 1. The molecule has 4 N–H and O–H groups in total. The molecule has 0 aromatic heterocycles. The standard InChI is InChI=1S/C12H19N3.HI/c13-12(14)15-10-6-2-5-9-11-7-3-1-4-8-11;/h1,3-4,7-8H,2,5-6,9-10H2,(H4,13,14,15);1H. The molecule has 90 valence electrons. The fourth-order valence-electron chi connectivity index (χ4n) is 1.47. The third-order valence-electron chi connectivity index (χ3n) is 2.26. The van der Waals surface area contributed by atoms with Crippen molar-refractivity contribution in [2.75, 3.05) is 6.54 Å². The van der Waals surface area contributed by atoms with Crippen molar-refractivity contribution in [2.45, 2.75) is 25.7 Å². The van der Waals surface area contributed by atoms with Gasteiger partial charge in [0.25, 0.3) is 0 Å². The highest BCUT2D eigenvalue weighted by molar-refractivity contribution is 14.0. The van der Waals surface area contributed by atoms with Crippen molar-refractivity contribution in [2.24, 2.45) is 16.5 Å². The van der Waals surface area contributed by atoms with E-state index in [4.69, 9.17) is 11.5 Å². The van der Waals surface area contributed by atoms with Crippen LogP contribution in [0.15, 0.2) is 35.3 Å². The molecule has 16 heavy (non-hydrogen) atoms. The molecule has 0 spiro atoms. The number of aliphatic imine (C=N–C) groups is 1. The minimum Gasteiger partial charge on any atom is -0.370 e. The molecule has 0 aliphatic carbocycles. The molecule has 0 amide bonds. The molecule has 0 heterocycles. The molecule has 1 aromatic rings. The summed E-state index contributed by atoms with van der Waals surface area (Å²) >= 11 is 0. The topological polar surface area (TPSA) is 64.4 Å². The number of nitrogens with zero attached hydrogens (tertiary/aromatic N) is 1. The smallest absolute Gasteiger partial charge is 0.185 e. The van der Waals surface area contributed by atoms with Crippen LogP contribution in [-0.4, -0.2) is 12.5 Å². The molecule has 0 aliphatic heterocycles. The third kappa shape index (κ3) is 7.50. The Morgan fingerprint density at radius 3 is 2.31 bits per heavy atom. The van der Waals surface area contributed by atoms with E-state index in [1.165, 1.54) is 18.4 Å². The zero-order chi connectivity index (χ0) is 10.9. The second-order valence-corrected chi connectivity index (χ2v) is 3.60. The predicted octanol–water partition coefficient (Wildman–Crippen LogP) is 2.29. The number of nitrogens with two attached hydrogens (primary N) is 2. The number of aryl methyl sites for hydroxylation is 1. The van der Waals surface area contributed by atoms with Crippen LogP contribution in [0, 0.1) is 0 Å². The quantitative estimate of drug-likeness (QED) is 0.363. The van der Waals surface area contributed by atoms with Crippen molar-refractivity contribution >= 4 is 29.9 Å². The highest BCUT2D eigenvalue weighted by atomic mass is 127. The van der Waals surface area contributed by atoms with E-state index >= 15 is 0 Å². The molecule has 3 nitrogen and oxygen atoms in total. The Morgan fingerprint density at radius 1 is 1.00 bits per heavy atom. The molecule has 0 aliphatic rings. The minimum atomic E-state index is 0. The normalized spacial score (nSPS) is 9.25. The summed E-state index contributed by atoms with van der Waals surface area (Å²) < 4.78 is 0. The van der Waals surface area contributed by atoms with Crippen molar-refractivity contribution in [1.82, 2.24) is 0 Å². The maximum Gasteiger partial charge on any atom is 0.185 e. The third-order valence-corrected chi connectivity index (χ3v) is 2.26. The van der Waals surface area contributed by atoms with Crippen molar-refractivity contribution < 1.29 is 0 Å². The molecule has 0 atom stereocenters. The summed E-state index contributed by atoms with van der Waals surface area (Å²) in [4.78, 5) is 3.94. The molecule has 0 saturated heterocycles. The predicted molar refractivity (Wildman–Crippen MR) is 80.1 cm³/mol. The first-order valence-corrected chi connectivity index (χ1v) is 5.38. The second-order valence-electron chi connectivity index (χ2n) is 3.60. The summed E-state index contributed by atoms with van der Waals surface area (Å²) in [5, 5.41) is 0. The molecule has 0 radical (unpaired) electrons. The van der Waals surface area contributed by atoms with Gasteiger partial charge in [0.2, 0.25) is 0 Å². The molecule has 0 unspecified atom stereocenters. The van der Waals surface area contributed by atoms with Gasteiger partial charge in [-0.1, -0.05) is 36.8 Å². The van der Waals surface area contributed by atoms with E-state index in [1.54, 1.807) is 0 Å². The number of unbranched alkanes of at least 4 members (excludes halogenated alkanes) is 2. The molecular weight excluding hydrogens is 313 g/mol. The van der Waals surface area contributed by atoms with E-state index < -0.39 is 0 Å². The molecule has 0 bridgehead atoms. The molecular formula is C12H20IN3. The van der Waals surface area contributed by atoms with Crippen LogP contribution in [0.25, 0.3) is 0 Å². The summed E-state index contributed by atoms with van der Waals surface area (Å²) in [6.07, 6.45) is 4.57. The zero-order valence-corrected chi connectivity index (χ0v) is 11.8. The lowest BCUT2D eigenvalue weighted by atomic mass is 10.1. The molecule has 1 rings (SSSR count). The number of hydrogen-bond donors (Lipinski definition) is 2. The van der Waals surface area contributed by atoms with Crippen LogP contribution in [0.3, 0.4) is 0 Å². The van der Waals surface area contributed by atoms with Crippen LogP contribution < -0.4 is 11.5 Å². The van der Waals surface area contributed by atoms with Gasteiger partial charge in [-0.15, -0.1) is 24.0 Å². The van der Waals surface area contributed by atoms with Crippen LogP contribution in [0.4, 0.5) is 0 Å². The van der Waals surface area contributed by atoms with Crippen LogP contribution in [0.2, 0.25) is 0 Å². The van der Waals surface area contributed by atoms with Gasteiger partial charge in [-0.3, -0.25) is 4.99 Å². The van der Waals surface area contributed by atoms with Gasteiger partial charge < -0.3 is 11.5 Å². The largest absolute Gasteiger partial charge is 0.370 e. The molecule has 0 saturated carbocycles. The maximum absolute atomic E-state index is 5.23. The fraction of sp³-hybridized carbons (Fsp3) is 0.417. The van der Waals surface area contributed by atoms with E-state index in [9.17, 15) is 0 Å². The van der Waals surface area contributed by atoms with Crippen molar-refractivity contribution in [1.29, 1.82) is 0 Å². The summed E-state index contributed by atoms with van der Waals surface area (Å²) in [6, 6.07) is 10.5. The van der Waals surface area contributed by atoms with Gasteiger partial charge in [0, 0.05) is 6.54 Å². The highest BCUT2D eigenvalue weighted by Crippen LogP contribution is 2.05. The summed E-state index contributed by atoms with van der Waals surface area (Å²) in [5.41, 5.74) is 11.9. The highest BCUT2D eigenvalue weighted by Gasteiger charge is 1.92. The number of rotatable bonds is 6. The van der Waals surface area contributed by atoms with Crippen molar-refractivity contribution in [3.63, 3.8) is 0 Å². The van der Waals surface area contributed by atoms with Crippen molar-refractivity contribution in [3.05, 3.63) is 35.9 Å². The van der Waals surface area contributed by atoms with Gasteiger partial charge in [0.15, 0.2) is 5.96 Å². The van der Waals surface area contributed by atoms with E-state index in [0.29, 0.717) is 0 Å². The Kier molecular flexibility index (Phi) is 8.99. The molecule has 0 fully saturated rings. The lowest BCUT2D eigenvalue weighted by Gasteiger charge is -2.00. The number of halogens is 1. The van der Waals surface area contributed by atoms with E-state index in [1.807, 2.05) is 6.07 Å². The Balaban J connectivity index is 0.00000225.